The van der Waals surface area contributed by atoms with E-state index < -0.39 is 11.9 Å². The smallest absolute Gasteiger partial charge is 0.304 e. The molecule has 1 atom stereocenters. The van der Waals surface area contributed by atoms with Crippen molar-refractivity contribution in [2.45, 2.75) is 19.8 Å². The van der Waals surface area contributed by atoms with Crippen LogP contribution in [-0.4, -0.2) is 35.5 Å². The lowest BCUT2D eigenvalue weighted by Crippen LogP contribution is -2.34. The summed E-state index contributed by atoms with van der Waals surface area (Å²) in [5.41, 5.74) is 1.17. The van der Waals surface area contributed by atoms with Crippen LogP contribution in [0.4, 0.5) is 0 Å². The van der Waals surface area contributed by atoms with Gasteiger partial charge in [-0.15, -0.1) is 0 Å². The summed E-state index contributed by atoms with van der Waals surface area (Å²) in [6.07, 6.45) is 0.664. The molecule has 0 spiro atoms. The molecule has 1 aromatic carbocycles. The van der Waals surface area contributed by atoms with E-state index in [2.05, 4.69) is 0 Å². The van der Waals surface area contributed by atoms with Gasteiger partial charge in [-0.3, -0.25) is 9.59 Å². The fraction of sp³-hybridized carbons (Fsp3) is 0.429. The van der Waals surface area contributed by atoms with Crippen molar-refractivity contribution in [1.82, 2.24) is 4.90 Å². The molecule has 1 N–H and O–H groups in total. The Morgan fingerprint density at radius 3 is 2.44 bits per heavy atom. The summed E-state index contributed by atoms with van der Waals surface area (Å²) in [6, 6.07) is 9.90. The van der Waals surface area contributed by atoms with Crippen LogP contribution < -0.4 is 0 Å². The van der Waals surface area contributed by atoms with Crippen LogP contribution in [0.1, 0.15) is 18.9 Å². The number of aliphatic carboxylic acids is 1. The normalized spacial score (nSPS) is 11.9. The molecular weight excluding hydrogens is 230 g/mol. The maximum atomic E-state index is 11.9. The molecule has 0 aliphatic rings. The van der Waals surface area contributed by atoms with Gasteiger partial charge in [0.1, 0.15) is 0 Å². The van der Waals surface area contributed by atoms with E-state index in [9.17, 15) is 9.59 Å². The lowest BCUT2D eigenvalue weighted by Gasteiger charge is -2.20. The summed E-state index contributed by atoms with van der Waals surface area (Å²) in [5, 5.41) is 8.65. The van der Waals surface area contributed by atoms with Gasteiger partial charge in [0.25, 0.3) is 0 Å². The van der Waals surface area contributed by atoms with Crippen molar-refractivity contribution in [3.05, 3.63) is 35.9 Å². The number of benzene rings is 1. The zero-order chi connectivity index (χ0) is 13.5. The molecule has 1 aromatic rings. The Morgan fingerprint density at radius 1 is 1.28 bits per heavy atom. The first-order valence-electron chi connectivity index (χ1n) is 6.01. The number of hydrogen-bond acceptors (Lipinski definition) is 2. The molecule has 4 heteroatoms. The molecule has 0 bridgehead atoms. The van der Waals surface area contributed by atoms with Crippen molar-refractivity contribution >= 4 is 11.9 Å². The quantitative estimate of drug-likeness (QED) is 0.836. The van der Waals surface area contributed by atoms with Crippen LogP contribution in [0.2, 0.25) is 0 Å². The molecule has 0 heterocycles. The van der Waals surface area contributed by atoms with Gasteiger partial charge in [-0.1, -0.05) is 37.3 Å². The first kappa shape index (κ1) is 14.2. The third-order valence-corrected chi connectivity index (χ3v) is 2.86. The molecule has 4 nitrogen and oxygen atoms in total. The second-order valence-corrected chi connectivity index (χ2v) is 4.49. The Hall–Kier alpha value is -1.84. The van der Waals surface area contributed by atoms with E-state index in [-0.39, 0.29) is 12.3 Å². The highest BCUT2D eigenvalue weighted by molar-refractivity contribution is 5.82. The minimum atomic E-state index is -0.938. The lowest BCUT2D eigenvalue weighted by molar-refractivity contribution is -0.143. The van der Waals surface area contributed by atoms with E-state index in [0.717, 1.165) is 6.42 Å². The van der Waals surface area contributed by atoms with E-state index in [1.54, 1.807) is 18.9 Å². The summed E-state index contributed by atoms with van der Waals surface area (Å²) in [6.45, 7) is 2.25. The van der Waals surface area contributed by atoms with Crippen molar-refractivity contribution in [3.8, 4) is 0 Å². The molecular formula is C14H19NO3. The number of carboxylic acids is 1. The predicted octanol–water partition coefficient (Wildman–Crippen LogP) is 1.80. The largest absolute Gasteiger partial charge is 0.481 e. The number of carbonyl (C=O) groups excluding carboxylic acids is 1. The van der Waals surface area contributed by atoms with E-state index in [4.69, 9.17) is 5.11 Å². The minimum absolute atomic E-state index is 0.117. The molecule has 0 saturated carbocycles. The number of amides is 1. The van der Waals surface area contributed by atoms with Crippen molar-refractivity contribution in [2.24, 2.45) is 5.92 Å². The van der Waals surface area contributed by atoms with Gasteiger partial charge in [0.15, 0.2) is 0 Å². The second-order valence-electron chi connectivity index (χ2n) is 4.49. The Bertz CT molecular complexity index is 403. The Morgan fingerprint density at radius 2 is 1.89 bits per heavy atom. The molecule has 1 unspecified atom stereocenters. The maximum Gasteiger partial charge on any atom is 0.304 e. The first-order chi connectivity index (χ1) is 8.50. The standard InChI is InChI=1S/C14H19NO3/c1-11(10-13(16)17)14(18)15(2)9-8-12-6-4-3-5-7-12/h3-7,11H,8-10H2,1-2H3,(H,16,17). The topological polar surface area (TPSA) is 57.6 Å². The average Bonchev–Trinajstić information content (AvgIpc) is 2.35. The predicted molar refractivity (Wildman–Crippen MR) is 69.2 cm³/mol. The number of hydrogen-bond donors (Lipinski definition) is 1. The van der Waals surface area contributed by atoms with Crippen LogP contribution >= 0.6 is 0 Å². The van der Waals surface area contributed by atoms with Crippen molar-refractivity contribution in [3.63, 3.8) is 0 Å². The van der Waals surface area contributed by atoms with Gasteiger partial charge >= 0.3 is 5.97 Å². The Labute approximate surface area is 107 Å². The average molecular weight is 249 g/mol. The minimum Gasteiger partial charge on any atom is -0.481 e. The van der Waals surface area contributed by atoms with Crippen molar-refractivity contribution in [2.75, 3.05) is 13.6 Å². The third kappa shape index (κ3) is 4.57. The molecule has 98 valence electrons. The maximum absolute atomic E-state index is 11.9. The molecule has 0 radical (unpaired) electrons. The van der Waals surface area contributed by atoms with Gasteiger partial charge in [0.2, 0.25) is 5.91 Å². The highest BCUT2D eigenvalue weighted by atomic mass is 16.4. The highest BCUT2D eigenvalue weighted by Gasteiger charge is 2.19. The van der Waals surface area contributed by atoms with Gasteiger partial charge in [-0.2, -0.15) is 0 Å². The molecule has 0 aromatic heterocycles. The summed E-state index contributed by atoms with van der Waals surface area (Å²) in [4.78, 5) is 24.0. The van der Waals surface area contributed by atoms with Crippen molar-refractivity contribution in [1.29, 1.82) is 0 Å². The fourth-order valence-corrected chi connectivity index (χ4v) is 1.78. The van der Waals surface area contributed by atoms with Crippen LogP contribution in [0.25, 0.3) is 0 Å². The number of carbonyl (C=O) groups is 2. The molecule has 1 rings (SSSR count). The van der Waals surface area contributed by atoms with Crippen molar-refractivity contribution < 1.29 is 14.7 Å². The Balaban J connectivity index is 2.43. The zero-order valence-electron chi connectivity index (χ0n) is 10.8. The van der Waals surface area contributed by atoms with Crippen LogP contribution in [0.3, 0.4) is 0 Å². The number of rotatable bonds is 6. The van der Waals surface area contributed by atoms with E-state index in [1.807, 2.05) is 30.3 Å². The fourth-order valence-electron chi connectivity index (χ4n) is 1.78. The van der Waals surface area contributed by atoms with Gasteiger partial charge in [0.05, 0.1) is 6.42 Å². The second kappa shape index (κ2) is 6.79. The lowest BCUT2D eigenvalue weighted by atomic mass is 10.1. The van der Waals surface area contributed by atoms with E-state index in [0.29, 0.717) is 6.54 Å². The molecule has 1 amide bonds. The summed E-state index contributed by atoms with van der Waals surface area (Å²) in [7, 11) is 1.71. The zero-order valence-corrected chi connectivity index (χ0v) is 10.8. The summed E-state index contributed by atoms with van der Waals surface area (Å²) >= 11 is 0. The van der Waals surface area contributed by atoms with E-state index in [1.165, 1.54) is 5.56 Å². The van der Waals surface area contributed by atoms with Gasteiger partial charge in [-0.05, 0) is 12.0 Å². The number of likely N-dealkylation sites (N-methyl/N-ethyl adjacent to an activating group) is 1. The monoisotopic (exact) mass is 249 g/mol. The third-order valence-electron chi connectivity index (χ3n) is 2.86. The van der Waals surface area contributed by atoms with E-state index >= 15 is 0 Å². The molecule has 0 fully saturated rings. The number of nitrogens with zero attached hydrogens (tertiary/aromatic N) is 1. The summed E-state index contributed by atoms with van der Waals surface area (Å²) in [5.74, 6) is -1.52. The molecule has 0 aliphatic heterocycles. The van der Waals surface area contributed by atoms with Crippen LogP contribution in [0.5, 0.6) is 0 Å². The molecule has 0 saturated heterocycles. The summed E-state index contributed by atoms with van der Waals surface area (Å²) < 4.78 is 0. The highest BCUT2D eigenvalue weighted by Crippen LogP contribution is 2.07. The van der Waals surface area contributed by atoms with Crippen LogP contribution in [0.15, 0.2) is 30.3 Å². The van der Waals surface area contributed by atoms with Crippen LogP contribution in [0, 0.1) is 5.92 Å². The SMILES string of the molecule is CC(CC(=O)O)C(=O)N(C)CCc1ccccc1. The Kier molecular flexibility index (Phi) is 5.36. The van der Waals surface area contributed by atoms with Gasteiger partial charge in [-0.25, -0.2) is 0 Å². The molecule has 18 heavy (non-hydrogen) atoms. The van der Waals surface area contributed by atoms with Gasteiger partial charge < -0.3 is 10.0 Å². The first-order valence-corrected chi connectivity index (χ1v) is 6.01. The number of carboxylic acid groups (broad SMARTS) is 1. The van der Waals surface area contributed by atoms with Crippen LogP contribution in [-0.2, 0) is 16.0 Å². The van der Waals surface area contributed by atoms with Gasteiger partial charge in [0, 0.05) is 19.5 Å². The molecule has 0 aliphatic carbocycles.